The number of para-hydroxylation sites is 1. The zero-order valence-electron chi connectivity index (χ0n) is 21.6. The molecule has 1 aromatic carbocycles. The molecule has 12 heteroatoms. The van der Waals surface area contributed by atoms with Crippen molar-refractivity contribution in [1.82, 2.24) is 29.4 Å². The number of anilines is 2. The van der Waals surface area contributed by atoms with Gasteiger partial charge in [0.1, 0.15) is 23.8 Å². The van der Waals surface area contributed by atoms with E-state index < -0.39 is 6.67 Å². The number of benzene rings is 1. The van der Waals surface area contributed by atoms with Crippen LogP contribution < -0.4 is 14.5 Å². The summed E-state index contributed by atoms with van der Waals surface area (Å²) in [4.78, 5) is 37.2. The summed E-state index contributed by atoms with van der Waals surface area (Å²) >= 11 is 0. The van der Waals surface area contributed by atoms with Crippen molar-refractivity contribution in [1.29, 1.82) is 0 Å². The lowest BCUT2D eigenvalue weighted by Crippen LogP contribution is -2.49. The molecule has 0 spiro atoms. The number of ether oxygens (including phenoxy) is 2. The minimum Gasteiger partial charge on any atom is -0.494 e. The van der Waals surface area contributed by atoms with Crippen LogP contribution in [0.3, 0.4) is 0 Å². The highest BCUT2D eigenvalue weighted by atomic mass is 19.1. The summed E-state index contributed by atoms with van der Waals surface area (Å²) in [5.74, 6) is 2.14. The molecule has 11 nitrogen and oxygen atoms in total. The molecule has 1 atom stereocenters. The molecule has 5 rings (SSSR count). The highest BCUT2D eigenvalue weighted by Crippen LogP contribution is 2.29. The van der Waals surface area contributed by atoms with Gasteiger partial charge in [-0.1, -0.05) is 13.0 Å². The van der Waals surface area contributed by atoms with Crippen molar-refractivity contribution >= 4 is 28.8 Å². The summed E-state index contributed by atoms with van der Waals surface area (Å²) < 4.78 is 26.8. The predicted octanol–water partition coefficient (Wildman–Crippen LogP) is 2.36. The van der Waals surface area contributed by atoms with Gasteiger partial charge in [0.2, 0.25) is 23.8 Å². The number of fused-ring (bicyclic) bond motifs is 1. The maximum atomic E-state index is 14.2. The number of likely N-dealkylation sites (tertiary alicyclic amines) is 1. The molecule has 1 amide bonds. The van der Waals surface area contributed by atoms with E-state index in [4.69, 9.17) is 24.4 Å². The molecule has 0 saturated carbocycles. The number of rotatable bonds is 7. The number of carbonyl (C=O) groups is 1. The maximum absolute atomic E-state index is 14.2. The van der Waals surface area contributed by atoms with Gasteiger partial charge in [-0.15, -0.1) is 0 Å². The Morgan fingerprint density at radius 3 is 2.68 bits per heavy atom. The standard InChI is InChI=1S/C25H33FN8O3/c1-4-21(35)33-10-6-7-17(16-33)31(2)23-28-24(32-11-13-37-14-12-32)30-25(29-23)34-18-8-5-9-19(36-3)22(18)27-20(34)15-26/h5,8-9,17H,4,6-7,10-16H2,1-3H3. The van der Waals surface area contributed by atoms with Gasteiger partial charge in [0, 0.05) is 45.7 Å². The molecule has 2 aliphatic rings. The number of hydrogen-bond donors (Lipinski definition) is 0. The molecule has 0 radical (unpaired) electrons. The highest BCUT2D eigenvalue weighted by molar-refractivity contribution is 5.84. The van der Waals surface area contributed by atoms with E-state index in [-0.39, 0.29) is 17.8 Å². The monoisotopic (exact) mass is 512 g/mol. The van der Waals surface area contributed by atoms with Crippen LogP contribution in [0.2, 0.25) is 0 Å². The largest absolute Gasteiger partial charge is 0.494 e. The number of amides is 1. The average Bonchev–Trinajstić information content (AvgIpc) is 3.35. The average molecular weight is 513 g/mol. The Morgan fingerprint density at radius 2 is 1.95 bits per heavy atom. The predicted molar refractivity (Wildman–Crippen MR) is 137 cm³/mol. The van der Waals surface area contributed by atoms with Gasteiger partial charge in [0.25, 0.3) is 0 Å². The molecule has 198 valence electrons. The lowest BCUT2D eigenvalue weighted by atomic mass is 10.0. The molecule has 1 unspecified atom stereocenters. The molecule has 0 bridgehead atoms. The van der Waals surface area contributed by atoms with E-state index in [1.807, 2.05) is 35.9 Å². The number of methoxy groups -OCH3 is 1. The number of aromatic nitrogens is 5. The summed E-state index contributed by atoms with van der Waals surface area (Å²) in [6.07, 6.45) is 2.31. The molecule has 0 aliphatic carbocycles. The van der Waals surface area contributed by atoms with E-state index in [2.05, 4.69) is 9.88 Å². The van der Waals surface area contributed by atoms with Crippen LogP contribution in [0.4, 0.5) is 16.3 Å². The molecular formula is C25H33FN8O3. The van der Waals surface area contributed by atoms with Gasteiger partial charge in [-0.2, -0.15) is 15.0 Å². The molecule has 2 aromatic heterocycles. The number of nitrogens with zero attached hydrogens (tertiary/aromatic N) is 8. The summed E-state index contributed by atoms with van der Waals surface area (Å²) in [5, 5.41) is 0. The first-order chi connectivity index (χ1) is 18.0. The van der Waals surface area contributed by atoms with Crippen molar-refractivity contribution < 1.29 is 18.7 Å². The first kappa shape index (κ1) is 25.1. The van der Waals surface area contributed by atoms with Crippen LogP contribution in [0.15, 0.2) is 18.2 Å². The van der Waals surface area contributed by atoms with Gasteiger partial charge in [-0.05, 0) is 25.0 Å². The van der Waals surface area contributed by atoms with E-state index in [9.17, 15) is 9.18 Å². The summed E-state index contributed by atoms with van der Waals surface area (Å²) in [6.45, 7) is 4.90. The molecular weight excluding hydrogens is 479 g/mol. The molecule has 37 heavy (non-hydrogen) atoms. The summed E-state index contributed by atoms with van der Waals surface area (Å²) in [6, 6.07) is 5.53. The normalized spacial score (nSPS) is 18.3. The number of halogens is 1. The number of alkyl halides is 1. The van der Waals surface area contributed by atoms with Crippen molar-refractivity contribution in [3.63, 3.8) is 0 Å². The third-order valence-electron chi connectivity index (χ3n) is 7.07. The number of imidazole rings is 1. The van der Waals surface area contributed by atoms with Crippen LogP contribution in [0, 0.1) is 0 Å². The van der Waals surface area contributed by atoms with Crippen LogP contribution in [-0.4, -0.2) is 94.9 Å². The Morgan fingerprint density at radius 1 is 1.16 bits per heavy atom. The van der Waals surface area contributed by atoms with Crippen LogP contribution >= 0.6 is 0 Å². The lowest BCUT2D eigenvalue weighted by Gasteiger charge is -2.38. The van der Waals surface area contributed by atoms with Gasteiger partial charge in [0.15, 0.2) is 0 Å². The van der Waals surface area contributed by atoms with Gasteiger partial charge in [-0.25, -0.2) is 9.37 Å². The Kier molecular flexibility index (Phi) is 7.36. The quantitative estimate of drug-likeness (QED) is 0.472. The number of morpholine rings is 1. The highest BCUT2D eigenvalue weighted by Gasteiger charge is 2.29. The van der Waals surface area contributed by atoms with Crippen molar-refractivity contribution in [2.45, 2.75) is 38.9 Å². The Labute approximate surface area is 215 Å². The van der Waals surface area contributed by atoms with Crippen LogP contribution in [0.1, 0.15) is 32.0 Å². The molecule has 2 saturated heterocycles. The fraction of sp³-hybridized carbons (Fsp3) is 0.560. The third kappa shape index (κ3) is 4.89. The summed E-state index contributed by atoms with van der Waals surface area (Å²) in [7, 11) is 3.50. The summed E-state index contributed by atoms with van der Waals surface area (Å²) in [5.41, 5.74) is 1.19. The molecule has 0 N–H and O–H groups in total. The van der Waals surface area contributed by atoms with Crippen molar-refractivity contribution in [2.24, 2.45) is 0 Å². The smallest absolute Gasteiger partial charge is 0.242 e. The molecule has 3 aromatic rings. The van der Waals surface area contributed by atoms with E-state index >= 15 is 0 Å². The zero-order chi connectivity index (χ0) is 25.9. The van der Waals surface area contributed by atoms with Crippen LogP contribution in [0.5, 0.6) is 5.75 Å². The topological polar surface area (TPSA) is 102 Å². The minimum atomic E-state index is -0.793. The van der Waals surface area contributed by atoms with Crippen LogP contribution in [-0.2, 0) is 16.2 Å². The second-order valence-corrected chi connectivity index (χ2v) is 9.26. The van der Waals surface area contributed by atoms with Gasteiger partial charge < -0.3 is 24.2 Å². The Hall–Kier alpha value is -3.54. The second-order valence-electron chi connectivity index (χ2n) is 9.26. The molecule has 2 aliphatic heterocycles. The second kappa shape index (κ2) is 10.8. The Bertz CT molecular complexity index is 1260. The van der Waals surface area contributed by atoms with E-state index in [0.717, 1.165) is 19.4 Å². The molecule has 4 heterocycles. The van der Waals surface area contributed by atoms with Crippen molar-refractivity contribution in [2.75, 3.05) is 63.4 Å². The van der Waals surface area contributed by atoms with Crippen LogP contribution in [0.25, 0.3) is 17.0 Å². The van der Waals surface area contributed by atoms with Crippen molar-refractivity contribution in [3.05, 3.63) is 24.0 Å². The number of carbonyl (C=O) groups excluding carboxylic acids is 1. The van der Waals surface area contributed by atoms with Gasteiger partial charge in [-0.3, -0.25) is 9.36 Å². The zero-order valence-corrected chi connectivity index (χ0v) is 21.6. The fourth-order valence-electron chi connectivity index (χ4n) is 4.99. The van der Waals surface area contributed by atoms with E-state index in [0.29, 0.717) is 73.9 Å². The molecule has 2 fully saturated rings. The van der Waals surface area contributed by atoms with Crippen molar-refractivity contribution in [3.8, 4) is 11.7 Å². The van der Waals surface area contributed by atoms with Gasteiger partial charge >= 0.3 is 0 Å². The Balaban J connectivity index is 1.60. The number of likely N-dealkylation sites (N-methyl/N-ethyl adjacent to an activating group) is 1. The van der Waals surface area contributed by atoms with Gasteiger partial charge in [0.05, 0.1) is 25.8 Å². The number of piperidine rings is 1. The van der Waals surface area contributed by atoms with E-state index in [1.165, 1.54) is 0 Å². The first-order valence-electron chi connectivity index (χ1n) is 12.7. The SMILES string of the molecule is CCC(=O)N1CCCC(N(C)c2nc(N3CCOCC3)nc(-n3c(CF)nc4c(OC)cccc43)n2)C1. The first-order valence-corrected chi connectivity index (χ1v) is 12.7. The maximum Gasteiger partial charge on any atom is 0.242 e. The minimum absolute atomic E-state index is 0.0531. The van der Waals surface area contributed by atoms with E-state index in [1.54, 1.807) is 17.7 Å². The third-order valence-corrected chi connectivity index (χ3v) is 7.07. The lowest BCUT2D eigenvalue weighted by molar-refractivity contribution is -0.132. The fourth-order valence-corrected chi connectivity index (χ4v) is 4.99. The number of hydrogen-bond acceptors (Lipinski definition) is 9.